The highest BCUT2D eigenvalue weighted by atomic mass is 32.1. The van der Waals surface area contributed by atoms with Crippen LogP contribution in [0.25, 0.3) is 10.6 Å². The van der Waals surface area contributed by atoms with Gasteiger partial charge in [0.05, 0.1) is 23.2 Å². The topological polar surface area (TPSA) is 55.4 Å². The predicted molar refractivity (Wildman–Crippen MR) is 71.9 cm³/mol. The molecular weight excluding hydrogens is 262 g/mol. The fourth-order valence-corrected chi connectivity index (χ4v) is 2.37. The highest BCUT2D eigenvalue weighted by Crippen LogP contribution is 2.26. The Balaban J connectivity index is 1.63. The van der Waals surface area contributed by atoms with E-state index in [0.29, 0.717) is 12.1 Å². The van der Waals surface area contributed by atoms with Crippen LogP contribution in [0.4, 0.5) is 0 Å². The van der Waals surface area contributed by atoms with Gasteiger partial charge in [0.1, 0.15) is 17.8 Å². The van der Waals surface area contributed by atoms with Crippen molar-refractivity contribution < 1.29 is 13.6 Å². The molecule has 0 radical (unpaired) electrons. The molecule has 0 saturated carbocycles. The summed E-state index contributed by atoms with van der Waals surface area (Å²) in [4.78, 5) is 12.8. The van der Waals surface area contributed by atoms with Crippen molar-refractivity contribution in [2.45, 2.75) is 6.54 Å². The van der Waals surface area contributed by atoms with Gasteiger partial charge < -0.3 is 14.2 Å². The Morgan fingerprint density at radius 3 is 2.95 bits per heavy atom. The third-order valence-corrected chi connectivity index (χ3v) is 3.52. The highest BCUT2D eigenvalue weighted by Gasteiger charge is 2.09. The van der Waals surface area contributed by atoms with Crippen LogP contribution in [0.1, 0.15) is 16.1 Å². The molecule has 0 aliphatic rings. The van der Waals surface area contributed by atoms with Gasteiger partial charge in [-0.05, 0) is 29.6 Å². The summed E-state index contributed by atoms with van der Waals surface area (Å²) in [6.45, 7) is 0.357. The fourth-order valence-electron chi connectivity index (χ4n) is 1.69. The van der Waals surface area contributed by atoms with Crippen molar-refractivity contribution in [1.29, 1.82) is 0 Å². The predicted octanol–water partition coefficient (Wildman–Crippen LogP) is 3.53. The van der Waals surface area contributed by atoms with Crippen LogP contribution in [-0.2, 0) is 6.54 Å². The first-order valence-electron chi connectivity index (χ1n) is 5.76. The SMILES string of the molecule is O=C(NCc1ccc(-c2cccs2)o1)c1ccoc1. The van der Waals surface area contributed by atoms with Gasteiger partial charge >= 0.3 is 0 Å². The number of thiophene rings is 1. The number of rotatable bonds is 4. The van der Waals surface area contributed by atoms with Gasteiger partial charge in [-0.3, -0.25) is 4.79 Å². The van der Waals surface area contributed by atoms with Crippen LogP contribution in [0, 0.1) is 0 Å². The van der Waals surface area contributed by atoms with Gasteiger partial charge in [0.15, 0.2) is 0 Å². The average molecular weight is 273 g/mol. The Labute approximate surface area is 113 Å². The molecule has 0 spiro atoms. The van der Waals surface area contributed by atoms with E-state index in [-0.39, 0.29) is 5.91 Å². The quantitative estimate of drug-likeness (QED) is 0.791. The van der Waals surface area contributed by atoms with Crippen molar-refractivity contribution in [3.05, 3.63) is 59.6 Å². The molecule has 1 amide bonds. The number of amides is 1. The van der Waals surface area contributed by atoms with Gasteiger partial charge in [-0.25, -0.2) is 0 Å². The first-order valence-corrected chi connectivity index (χ1v) is 6.64. The maximum absolute atomic E-state index is 11.7. The number of carbonyl (C=O) groups excluding carboxylic acids is 1. The van der Waals surface area contributed by atoms with Gasteiger partial charge in [0.25, 0.3) is 5.91 Å². The number of carbonyl (C=O) groups is 1. The van der Waals surface area contributed by atoms with E-state index in [1.165, 1.54) is 12.5 Å². The summed E-state index contributed by atoms with van der Waals surface area (Å²) in [5.41, 5.74) is 0.505. The van der Waals surface area contributed by atoms with Gasteiger partial charge in [-0.1, -0.05) is 6.07 Å². The van der Waals surface area contributed by atoms with E-state index in [1.807, 2.05) is 29.6 Å². The van der Waals surface area contributed by atoms with E-state index in [9.17, 15) is 4.79 Å². The fraction of sp³-hybridized carbons (Fsp3) is 0.0714. The zero-order valence-corrected chi connectivity index (χ0v) is 10.8. The molecule has 0 aromatic carbocycles. The molecule has 3 aromatic rings. The lowest BCUT2D eigenvalue weighted by Crippen LogP contribution is -2.21. The second-order valence-corrected chi connectivity index (χ2v) is 4.89. The summed E-state index contributed by atoms with van der Waals surface area (Å²) >= 11 is 1.62. The van der Waals surface area contributed by atoms with Crippen LogP contribution in [0.3, 0.4) is 0 Å². The minimum absolute atomic E-state index is 0.178. The van der Waals surface area contributed by atoms with E-state index in [4.69, 9.17) is 8.83 Å². The molecule has 5 heteroatoms. The second kappa shape index (κ2) is 5.16. The Morgan fingerprint density at radius 1 is 1.26 bits per heavy atom. The summed E-state index contributed by atoms with van der Waals surface area (Å²) in [5, 5.41) is 4.77. The lowest BCUT2D eigenvalue weighted by Gasteiger charge is -2.00. The number of nitrogens with one attached hydrogen (secondary N) is 1. The molecule has 0 bridgehead atoms. The summed E-state index contributed by atoms with van der Waals surface area (Å²) in [7, 11) is 0. The third-order valence-electron chi connectivity index (χ3n) is 2.63. The highest BCUT2D eigenvalue weighted by molar-refractivity contribution is 7.13. The molecule has 1 N–H and O–H groups in total. The molecule has 0 unspecified atom stereocenters. The largest absolute Gasteiger partial charge is 0.472 e. The number of hydrogen-bond donors (Lipinski definition) is 1. The molecule has 0 saturated heterocycles. The maximum Gasteiger partial charge on any atom is 0.254 e. The van der Waals surface area contributed by atoms with Crippen LogP contribution in [-0.4, -0.2) is 5.91 Å². The summed E-state index contributed by atoms with van der Waals surface area (Å²) in [5.74, 6) is 1.37. The molecule has 0 fully saturated rings. The number of hydrogen-bond acceptors (Lipinski definition) is 4. The molecule has 3 rings (SSSR count). The van der Waals surface area contributed by atoms with Crippen LogP contribution in [0.2, 0.25) is 0 Å². The van der Waals surface area contributed by atoms with E-state index < -0.39 is 0 Å². The normalized spacial score (nSPS) is 10.5. The standard InChI is InChI=1S/C14H11NO3S/c16-14(10-5-6-17-9-10)15-8-11-3-4-12(18-11)13-2-1-7-19-13/h1-7,9H,8H2,(H,15,16). The molecule has 0 atom stereocenters. The molecule has 0 aliphatic heterocycles. The van der Waals surface area contributed by atoms with Crippen LogP contribution >= 0.6 is 11.3 Å². The van der Waals surface area contributed by atoms with Crippen molar-refractivity contribution in [2.75, 3.05) is 0 Å². The van der Waals surface area contributed by atoms with E-state index in [1.54, 1.807) is 17.4 Å². The Hall–Kier alpha value is -2.27. The molecular formula is C14H11NO3S. The molecule has 96 valence electrons. The smallest absolute Gasteiger partial charge is 0.254 e. The van der Waals surface area contributed by atoms with Crippen molar-refractivity contribution in [3.63, 3.8) is 0 Å². The molecule has 0 aliphatic carbocycles. The molecule has 3 aromatic heterocycles. The second-order valence-electron chi connectivity index (χ2n) is 3.94. The Kier molecular flexibility index (Phi) is 3.20. The summed E-state index contributed by atoms with van der Waals surface area (Å²) < 4.78 is 10.5. The van der Waals surface area contributed by atoms with Crippen molar-refractivity contribution in [1.82, 2.24) is 5.32 Å². The van der Waals surface area contributed by atoms with E-state index in [0.717, 1.165) is 16.4 Å². The maximum atomic E-state index is 11.7. The van der Waals surface area contributed by atoms with Gasteiger partial charge in [-0.15, -0.1) is 11.3 Å². The molecule has 4 nitrogen and oxygen atoms in total. The van der Waals surface area contributed by atoms with Gasteiger partial charge in [0.2, 0.25) is 0 Å². The Morgan fingerprint density at radius 2 is 2.21 bits per heavy atom. The summed E-state index contributed by atoms with van der Waals surface area (Å²) in [6.07, 6.45) is 2.88. The first kappa shape index (κ1) is 11.8. The average Bonchev–Trinajstić information content (AvgIpc) is 3.14. The monoisotopic (exact) mass is 273 g/mol. The van der Waals surface area contributed by atoms with Crippen LogP contribution < -0.4 is 5.32 Å². The summed E-state index contributed by atoms with van der Waals surface area (Å²) in [6, 6.07) is 9.37. The zero-order chi connectivity index (χ0) is 13.1. The van der Waals surface area contributed by atoms with Crippen molar-refractivity contribution in [3.8, 4) is 10.6 Å². The lowest BCUT2D eigenvalue weighted by molar-refractivity contribution is 0.0947. The zero-order valence-electron chi connectivity index (χ0n) is 9.96. The third kappa shape index (κ3) is 2.61. The molecule has 3 heterocycles. The number of furan rings is 2. The van der Waals surface area contributed by atoms with E-state index >= 15 is 0 Å². The van der Waals surface area contributed by atoms with E-state index in [2.05, 4.69) is 5.32 Å². The van der Waals surface area contributed by atoms with Gasteiger partial charge in [0, 0.05) is 0 Å². The van der Waals surface area contributed by atoms with Crippen molar-refractivity contribution in [2.24, 2.45) is 0 Å². The first-order chi connectivity index (χ1) is 9.33. The molecule has 19 heavy (non-hydrogen) atoms. The minimum atomic E-state index is -0.178. The van der Waals surface area contributed by atoms with Crippen LogP contribution in [0.15, 0.2) is 57.1 Å². The minimum Gasteiger partial charge on any atom is -0.472 e. The van der Waals surface area contributed by atoms with Gasteiger partial charge in [-0.2, -0.15) is 0 Å². The Bertz CT molecular complexity index is 653. The lowest BCUT2D eigenvalue weighted by atomic mass is 10.3. The van der Waals surface area contributed by atoms with Crippen molar-refractivity contribution >= 4 is 17.2 Å². The van der Waals surface area contributed by atoms with Crippen LogP contribution in [0.5, 0.6) is 0 Å².